The van der Waals surface area contributed by atoms with Crippen LogP contribution in [0.25, 0.3) is 0 Å². The second-order valence-electron chi connectivity index (χ2n) is 5.08. The van der Waals surface area contributed by atoms with Gasteiger partial charge in [-0.3, -0.25) is 4.79 Å². The van der Waals surface area contributed by atoms with E-state index in [9.17, 15) is 9.18 Å². The third-order valence-electron chi connectivity index (χ3n) is 3.36. The fraction of sp³-hybridized carbons (Fsp3) is 0.118. The second-order valence-corrected chi connectivity index (χ2v) is 6.21. The predicted molar refractivity (Wildman–Crippen MR) is 90.3 cm³/mol. The molecule has 1 aliphatic rings. The smallest absolute Gasteiger partial charge is 0.249 e. The van der Waals surface area contributed by atoms with E-state index in [0.717, 1.165) is 17.6 Å². The molecule has 7 heteroatoms. The van der Waals surface area contributed by atoms with Crippen LogP contribution in [-0.4, -0.2) is 5.78 Å². The lowest BCUT2D eigenvalue weighted by Gasteiger charge is -2.09. The van der Waals surface area contributed by atoms with Gasteiger partial charge in [0.05, 0.1) is 17.8 Å². The summed E-state index contributed by atoms with van der Waals surface area (Å²) in [5.74, 6) is -0.410. The van der Waals surface area contributed by atoms with Crippen molar-refractivity contribution < 1.29 is 18.1 Å². The Morgan fingerprint density at radius 1 is 1.25 bits per heavy atom. The first-order chi connectivity index (χ1) is 11.5. The Balaban J connectivity index is 1.62. The Labute approximate surface area is 147 Å². The maximum atomic E-state index is 13.1. The molecule has 2 aromatic carbocycles. The molecule has 0 radical (unpaired) electrons. The van der Waals surface area contributed by atoms with Crippen molar-refractivity contribution >= 4 is 29.4 Å². The van der Waals surface area contributed by atoms with E-state index < -0.39 is 6.10 Å². The molecule has 0 amide bonds. The molecule has 2 N–H and O–H groups in total. The van der Waals surface area contributed by atoms with Gasteiger partial charge in [0.1, 0.15) is 5.82 Å². The molecule has 1 aliphatic heterocycles. The van der Waals surface area contributed by atoms with Crippen molar-refractivity contribution in [2.45, 2.75) is 11.9 Å². The highest BCUT2D eigenvalue weighted by atomic mass is 35.5. The summed E-state index contributed by atoms with van der Waals surface area (Å²) in [4.78, 5) is 12.4. The van der Waals surface area contributed by atoms with Crippen LogP contribution >= 0.6 is 23.6 Å². The third-order valence-corrected chi connectivity index (χ3v) is 4.35. The Kier molecular flexibility index (Phi) is 4.97. The maximum absolute atomic E-state index is 13.1. The highest BCUT2D eigenvalue weighted by Gasteiger charge is 2.37. The predicted octanol–water partition coefficient (Wildman–Crippen LogP) is 4.11. The number of ketones is 1. The van der Waals surface area contributed by atoms with Crippen LogP contribution in [0.3, 0.4) is 0 Å². The first-order valence-corrected chi connectivity index (χ1v) is 8.33. The van der Waals surface area contributed by atoms with E-state index in [4.69, 9.17) is 26.3 Å². The molecular formula is C17H13ClFNO3S. The number of halogens is 2. The van der Waals surface area contributed by atoms with Gasteiger partial charge in [-0.2, -0.15) is 0 Å². The highest BCUT2D eigenvalue weighted by Crippen LogP contribution is 2.34. The molecule has 2 aromatic rings. The molecule has 1 atom stereocenters. The summed E-state index contributed by atoms with van der Waals surface area (Å²) >= 11 is 6.83. The van der Waals surface area contributed by atoms with Crippen LogP contribution in [0.2, 0.25) is 5.02 Å². The van der Waals surface area contributed by atoms with E-state index >= 15 is 0 Å². The van der Waals surface area contributed by atoms with E-state index in [1.807, 2.05) is 0 Å². The van der Waals surface area contributed by atoms with Crippen molar-refractivity contribution in [2.24, 2.45) is 5.73 Å². The average Bonchev–Trinajstić information content (AvgIpc) is 2.84. The zero-order valence-corrected chi connectivity index (χ0v) is 13.9. The minimum Gasteiger partial charge on any atom is -0.460 e. The normalized spacial score (nSPS) is 17.1. The quantitative estimate of drug-likeness (QED) is 0.808. The number of rotatable bonds is 5. The van der Waals surface area contributed by atoms with Crippen molar-refractivity contribution in [1.29, 1.82) is 0 Å². The number of Topliss-reactive ketones (excluding diaryl/α,β-unsaturated/α-hetero) is 1. The van der Waals surface area contributed by atoms with E-state index in [1.165, 1.54) is 12.1 Å². The van der Waals surface area contributed by atoms with Crippen molar-refractivity contribution in [3.8, 4) is 0 Å². The number of ether oxygens (including phenoxy) is 1. The van der Waals surface area contributed by atoms with Crippen LogP contribution < -0.4 is 5.73 Å². The summed E-state index contributed by atoms with van der Waals surface area (Å²) in [6, 6.07) is 12.9. The zero-order valence-electron chi connectivity index (χ0n) is 12.4. The summed E-state index contributed by atoms with van der Waals surface area (Å²) < 4.78 is 23.9. The van der Waals surface area contributed by atoms with Crippen molar-refractivity contribution in [1.82, 2.24) is 0 Å². The second kappa shape index (κ2) is 7.15. The molecule has 0 spiro atoms. The lowest BCUT2D eigenvalue weighted by atomic mass is 10.1. The standard InChI is InChI=1S/C17H13ClFNO3S/c18-12-6-4-11(5-7-12)15-14(21)16(17(20)22-15)23-24-9-10-2-1-3-13(19)8-10/h1-8,15H,9,20H2. The molecule has 0 saturated heterocycles. The number of carbonyl (C=O) groups excluding carboxylic acids is 1. The molecular weight excluding hydrogens is 353 g/mol. The van der Waals surface area contributed by atoms with Gasteiger partial charge in [-0.25, -0.2) is 4.39 Å². The Bertz CT molecular complexity index is 795. The van der Waals surface area contributed by atoms with Crippen molar-refractivity contribution in [3.05, 3.63) is 82.1 Å². The summed E-state index contributed by atoms with van der Waals surface area (Å²) in [5.41, 5.74) is 7.12. The molecule has 0 bridgehead atoms. The van der Waals surface area contributed by atoms with E-state index in [1.54, 1.807) is 36.4 Å². The number of hydrogen-bond donors (Lipinski definition) is 1. The fourth-order valence-corrected chi connectivity index (χ4v) is 2.98. The van der Waals surface area contributed by atoms with E-state index in [-0.39, 0.29) is 23.2 Å². The SMILES string of the molecule is NC1=C(OSCc2cccc(F)c2)C(=O)C(c2ccc(Cl)cc2)O1. The third kappa shape index (κ3) is 3.66. The number of benzene rings is 2. The van der Waals surface area contributed by atoms with Crippen molar-refractivity contribution in [2.75, 3.05) is 0 Å². The van der Waals surface area contributed by atoms with Gasteiger partial charge in [0.25, 0.3) is 0 Å². The summed E-state index contributed by atoms with van der Waals surface area (Å²) in [6.07, 6.45) is -0.841. The van der Waals surface area contributed by atoms with Crippen LogP contribution in [0.4, 0.5) is 4.39 Å². The van der Waals surface area contributed by atoms with Crippen LogP contribution in [0.5, 0.6) is 0 Å². The van der Waals surface area contributed by atoms with Gasteiger partial charge >= 0.3 is 0 Å². The maximum Gasteiger partial charge on any atom is 0.249 e. The molecule has 0 saturated carbocycles. The van der Waals surface area contributed by atoms with Gasteiger partial charge in [-0.05, 0) is 29.8 Å². The molecule has 0 fully saturated rings. The van der Waals surface area contributed by atoms with E-state index in [2.05, 4.69) is 0 Å². The van der Waals surface area contributed by atoms with Crippen molar-refractivity contribution in [3.63, 3.8) is 0 Å². The summed E-state index contributed by atoms with van der Waals surface area (Å²) in [7, 11) is 0. The Morgan fingerprint density at radius 2 is 2.00 bits per heavy atom. The van der Waals surface area contributed by atoms with Gasteiger partial charge < -0.3 is 14.7 Å². The number of nitrogens with two attached hydrogens (primary N) is 1. The van der Waals surface area contributed by atoms with Crippen LogP contribution in [0.1, 0.15) is 17.2 Å². The fourth-order valence-electron chi connectivity index (χ4n) is 2.20. The van der Waals surface area contributed by atoms with Gasteiger partial charge in [0.15, 0.2) is 6.10 Å². The largest absolute Gasteiger partial charge is 0.460 e. The number of carbonyl (C=O) groups is 1. The molecule has 24 heavy (non-hydrogen) atoms. The minimum atomic E-state index is -0.841. The lowest BCUT2D eigenvalue weighted by molar-refractivity contribution is -0.122. The molecule has 0 aromatic heterocycles. The van der Waals surface area contributed by atoms with Gasteiger partial charge in [0, 0.05) is 10.6 Å². The van der Waals surface area contributed by atoms with Gasteiger partial charge in [-0.15, -0.1) is 0 Å². The van der Waals surface area contributed by atoms with E-state index in [0.29, 0.717) is 16.3 Å². The topological polar surface area (TPSA) is 61.5 Å². The van der Waals surface area contributed by atoms with Crippen LogP contribution in [0, 0.1) is 5.82 Å². The lowest BCUT2D eigenvalue weighted by Crippen LogP contribution is -2.10. The van der Waals surface area contributed by atoms with Gasteiger partial charge in [-0.1, -0.05) is 35.9 Å². The van der Waals surface area contributed by atoms with Crippen LogP contribution in [0.15, 0.2) is 60.2 Å². The van der Waals surface area contributed by atoms with Crippen LogP contribution in [-0.2, 0) is 19.5 Å². The summed E-state index contributed by atoms with van der Waals surface area (Å²) in [6.45, 7) is 0. The number of hydrogen-bond acceptors (Lipinski definition) is 5. The molecule has 1 unspecified atom stereocenters. The first kappa shape index (κ1) is 16.7. The Hall–Kier alpha value is -2.18. The molecule has 0 aliphatic carbocycles. The minimum absolute atomic E-state index is 0.0312. The van der Waals surface area contributed by atoms with Gasteiger partial charge in [0.2, 0.25) is 17.4 Å². The average molecular weight is 366 g/mol. The zero-order chi connectivity index (χ0) is 17.1. The molecule has 4 nitrogen and oxygen atoms in total. The monoisotopic (exact) mass is 365 g/mol. The summed E-state index contributed by atoms with van der Waals surface area (Å²) in [5, 5.41) is 0.562. The molecule has 124 valence electrons. The Morgan fingerprint density at radius 3 is 2.71 bits per heavy atom. The first-order valence-electron chi connectivity index (χ1n) is 7.04. The molecule has 1 heterocycles. The molecule has 3 rings (SSSR count). The highest BCUT2D eigenvalue weighted by molar-refractivity contribution is 7.94.